The molecule has 1 aliphatic rings. The maximum atomic E-state index is 13.2. The Morgan fingerprint density at radius 1 is 1.27 bits per heavy atom. The first-order valence-electron chi connectivity index (χ1n) is 12.0. The van der Waals surface area contributed by atoms with Crippen LogP contribution in [-0.4, -0.2) is 37.7 Å². The molecule has 0 bridgehead atoms. The van der Waals surface area contributed by atoms with Crippen LogP contribution in [0.1, 0.15) is 86.5 Å². The van der Waals surface area contributed by atoms with Gasteiger partial charge in [0, 0.05) is 20.6 Å². The minimum Gasteiger partial charge on any atom is -0.459 e. The van der Waals surface area contributed by atoms with Gasteiger partial charge in [-0.25, -0.2) is 0 Å². The van der Waals surface area contributed by atoms with Gasteiger partial charge in [-0.15, -0.1) is 0 Å². The van der Waals surface area contributed by atoms with Crippen LogP contribution in [0.4, 0.5) is 0 Å². The Balaban J connectivity index is 3.07. The van der Waals surface area contributed by atoms with Crippen molar-refractivity contribution in [1.29, 1.82) is 0 Å². The van der Waals surface area contributed by atoms with Crippen LogP contribution < -0.4 is 0 Å². The zero-order valence-electron chi connectivity index (χ0n) is 21.9. The molecule has 1 rings (SSSR count). The third-order valence-electron chi connectivity index (χ3n) is 7.18. The summed E-state index contributed by atoms with van der Waals surface area (Å²) in [6, 6.07) is 0. The number of hydrogen-bond donors (Lipinski definition) is 0. The van der Waals surface area contributed by atoms with E-state index in [0.717, 1.165) is 32.0 Å². The lowest BCUT2D eigenvalue weighted by molar-refractivity contribution is -0.155. The van der Waals surface area contributed by atoms with Gasteiger partial charge in [0.1, 0.15) is 11.9 Å². The highest BCUT2D eigenvalue weighted by molar-refractivity contribution is 7.55. The summed E-state index contributed by atoms with van der Waals surface area (Å²) in [6.45, 7) is 16.3. The molecule has 190 valence electrons. The molecule has 0 aromatic rings. The molecule has 1 aliphatic carbocycles. The maximum Gasteiger partial charge on any atom is 0.344 e. The molecule has 0 saturated heterocycles. The Morgan fingerprint density at radius 2 is 1.88 bits per heavy atom. The minimum atomic E-state index is -3.66. The van der Waals surface area contributed by atoms with E-state index < -0.39 is 24.8 Å². The second-order valence-electron chi connectivity index (χ2n) is 10.6. The third-order valence-corrected chi connectivity index (χ3v) is 9.43. The SMILES string of the molecule is C=C1[C@@H](C/C=C(\C)CCC=O)CC[C@H](C)[C@@]1(C)CC[C@@H](C(=O)OC(C)(C)C)P(=O)(OC)OC. The molecule has 33 heavy (non-hydrogen) atoms. The highest BCUT2D eigenvalue weighted by Crippen LogP contribution is 2.57. The molecule has 0 spiro atoms. The fourth-order valence-corrected chi connectivity index (χ4v) is 6.08. The number of ether oxygens (including phenoxy) is 1. The Hall–Kier alpha value is -1.23. The molecule has 0 radical (unpaired) electrons. The molecule has 0 aliphatic heterocycles. The fraction of sp³-hybridized carbons (Fsp3) is 0.769. The van der Waals surface area contributed by atoms with Crippen LogP contribution >= 0.6 is 7.60 Å². The zero-order chi connectivity index (χ0) is 25.4. The first-order valence-corrected chi connectivity index (χ1v) is 13.6. The van der Waals surface area contributed by atoms with Crippen molar-refractivity contribution in [2.45, 2.75) is 97.7 Å². The molecule has 1 fully saturated rings. The van der Waals surface area contributed by atoms with Gasteiger partial charge in [0.25, 0.3) is 0 Å². The summed E-state index contributed by atoms with van der Waals surface area (Å²) in [5, 5.41) is 0. The lowest BCUT2D eigenvalue weighted by atomic mass is 9.59. The number of carbonyl (C=O) groups is 2. The lowest BCUT2D eigenvalue weighted by Gasteiger charge is -2.46. The summed E-state index contributed by atoms with van der Waals surface area (Å²) in [7, 11) is -1.05. The second kappa shape index (κ2) is 12.5. The standard InChI is InChI=1S/C26H45O6P/c1-19(11-10-18-27)12-14-22-15-13-20(2)26(7,21(22)3)17-16-23(33(29,30-8)31-9)24(28)32-25(4,5)6/h12,18,20,22-23H,3,10-11,13-17H2,1-2,4-9H3/b19-12+/t20-,22-,23-,26+/m0/s1. The van der Waals surface area contributed by atoms with E-state index in [0.29, 0.717) is 31.1 Å². The molecule has 0 N–H and O–H groups in total. The van der Waals surface area contributed by atoms with Crippen LogP contribution in [0.3, 0.4) is 0 Å². The topological polar surface area (TPSA) is 78.9 Å². The van der Waals surface area contributed by atoms with Gasteiger partial charge in [-0.2, -0.15) is 0 Å². The molecule has 4 atom stereocenters. The first kappa shape index (κ1) is 29.8. The van der Waals surface area contributed by atoms with Gasteiger partial charge >= 0.3 is 13.6 Å². The summed E-state index contributed by atoms with van der Waals surface area (Å²) < 4.78 is 29.2. The normalized spacial score (nSPS) is 25.6. The van der Waals surface area contributed by atoms with E-state index >= 15 is 0 Å². The van der Waals surface area contributed by atoms with Crippen molar-refractivity contribution in [2.75, 3.05) is 14.2 Å². The molecule has 0 aromatic heterocycles. The number of carbonyl (C=O) groups excluding carboxylic acids is 2. The van der Waals surface area contributed by atoms with Gasteiger partial charge in [0.15, 0.2) is 5.66 Å². The van der Waals surface area contributed by atoms with Gasteiger partial charge in [-0.1, -0.05) is 37.6 Å². The van der Waals surface area contributed by atoms with Crippen LogP contribution in [0.2, 0.25) is 0 Å². The Morgan fingerprint density at radius 3 is 2.39 bits per heavy atom. The number of esters is 1. The van der Waals surface area contributed by atoms with Crippen molar-refractivity contribution in [3.8, 4) is 0 Å². The van der Waals surface area contributed by atoms with Gasteiger partial charge < -0.3 is 18.6 Å². The first-order chi connectivity index (χ1) is 15.2. The lowest BCUT2D eigenvalue weighted by Crippen LogP contribution is -2.38. The maximum absolute atomic E-state index is 13.2. The molecular weight excluding hydrogens is 439 g/mol. The van der Waals surface area contributed by atoms with Crippen LogP contribution in [-0.2, 0) is 27.9 Å². The van der Waals surface area contributed by atoms with Crippen molar-refractivity contribution < 1.29 is 27.9 Å². The Kier molecular flexibility index (Phi) is 11.3. The van der Waals surface area contributed by atoms with Gasteiger partial charge in [-0.05, 0) is 83.5 Å². The minimum absolute atomic E-state index is 0.208. The van der Waals surface area contributed by atoms with E-state index in [1.165, 1.54) is 25.4 Å². The predicted molar refractivity (Wildman–Crippen MR) is 133 cm³/mol. The summed E-state index contributed by atoms with van der Waals surface area (Å²) in [6.07, 6.45) is 8.51. The van der Waals surface area contributed by atoms with E-state index in [1.54, 1.807) is 20.8 Å². The van der Waals surface area contributed by atoms with E-state index in [-0.39, 0.29) is 5.41 Å². The Labute approximate surface area is 201 Å². The summed E-state index contributed by atoms with van der Waals surface area (Å²) >= 11 is 0. The molecule has 0 amide bonds. The number of aldehydes is 1. The summed E-state index contributed by atoms with van der Waals surface area (Å²) in [4.78, 5) is 23.6. The van der Waals surface area contributed by atoms with Crippen molar-refractivity contribution in [1.82, 2.24) is 0 Å². The Bertz CT molecular complexity index is 757. The quantitative estimate of drug-likeness (QED) is 0.130. The monoisotopic (exact) mass is 484 g/mol. The largest absolute Gasteiger partial charge is 0.459 e. The van der Waals surface area contributed by atoms with Crippen LogP contribution in [0.25, 0.3) is 0 Å². The van der Waals surface area contributed by atoms with Gasteiger partial charge in [0.2, 0.25) is 0 Å². The molecule has 1 saturated carbocycles. The smallest absolute Gasteiger partial charge is 0.344 e. The molecule has 7 heteroatoms. The van der Waals surface area contributed by atoms with Crippen molar-refractivity contribution >= 4 is 19.9 Å². The van der Waals surface area contributed by atoms with E-state index in [9.17, 15) is 14.2 Å². The highest BCUT2D eigenvalue weighted by Gasteiger charge is 2.46. The highest BCUT2D eigenvalue weighted by atomic mass is 31.2. The average molecular weight is 485 g/mol. The van der Waals surface area contributed by atoms with E-state index in [2.05, 4.69) is 33.4 Å². The van der Waals surface area contributed by atoms with E-state index in [4.69, 9.17) is 13.8 Å². The van der Waals surface area contributed by atoms with E-state index in [1.807, 2.05) is 0 Å². The molecule has 0 unspecified atom stereocenters. The fourth-order valence-electron chi connectivity index (χ4n) is 4.67. The molecule has 0 aromatic carbocycles. The number of allylic oxidation sites excluding steroid dienone is 3. The molecule has 0 heterocycles. The number of rotatable bonds is 12. The average Bonchev–Trinajstić information content (AvgIpc) is 2.74. The van der Waals surface area contributed by atoms with Gasteiger partial charge in [0.05, 0.1) is 0 Å². The molecular formula is C26H45O6P. The van der Waals surface area contributed by atoms with Gasteiger partial charge in [-0.3, -0.25) is 9.36 Å². The van der Waals surface area contributed by atoms with Crippen molar-refractivity contribution in [2.24, 2.45) is 17.3 Å². The van der Waals surface area contributed by atoms with Crippen LogP contribution in [0.15, 0.2) is 23.8 Å². The summed E-state index contributed by atoms with van der Waals surface area (Å²) in [5.41, 5.74) is 0.496. The third kappa shape index (κ3) is 8.19. The van der Waals surface area contributed by atoms with Crippen molar-refractivity contribution in [3.63, 3.8) is 0 Å². The second-order valence-corrected chi connectivity index (χ2v) is 13.0. The zero-order valence-corrected chi connectivity index (χ0v) is 22.8. The predicted octanol–water partition coefficient (Wildman–Crippen LogP) is 6.89. The number of hydrogen-bond acceptors (Lipinski definition) is 6. The molecule has 6 nitrogen and oxygen atoms in total. The van der Waals surface area contributed by atoms with Crippen molar-refractivity contribution in [3.05, 3.63) is 23.8 Å². The summed E-state index contributed by atoms with van der Waals surface area (Å²) in [5.74, 6) is 0.164. The van der Waals surface area contributed by atoms with Crippen LogP contribution in [0, 0.1) is 17.3 Å². The van der Waals surface area contributed by atoms with Crippen LogP contribution in [0.5, 0.6) is 0 Å².